The van der Waals surface area contributed by atoms with Crippen LogP contribution in [0, 0.1) is 12.3 Å². The first kappa shape index (κ1) is 20.3. The van der Waals surface area contributed by atoms with E-state index in [1.807, 2.05) is 12.1 Å². The molecule has 150 valence electrons. The topological polar surface area (TPSA) is 71.3 Å². The second-order valence-electron chi connectivity index (χ2n) is 5.83. The molecule has 29 heavy (non-hydrogen) atoms. The van der Waals surface area contributed by atoms with Gasteiger partial charge in [-0.15, -0.1) is 6.42 Å². The minimum absolute atomic E-state index is 0.251. The third-order valence-corrected chi connectivity index (χ3v) is 5.31. The van der Waals surface area contributed by atoms with Crippen LogP contribution in [0.3, 0.4) is 0 Å². The summed E-state index contributed by atoms with van der Waals surface area (Å²) in [5.41, 5.74) is 1.13. The number of rotatable bonds is 6. The Morgan fingerprint density at radius 3 is 2.34 bits per heavy atom. The van der Waals surface area contributed by atoms with Gasteiger partial charge in [0.1, 0.15) is 11.5 Å². The monoisotopic (exact) mass is 412 g/mol. The molecule has 1 heterocycles. The summed E-state index contributed by atoms with van der Waals surface area (Å²) in [6.07, 6.45) is 5.54. The number of benzene rings is 2. The molecule has 0 spiro atoms. The zero-order chi connectivity index (χ0) is 21.0. The van der Waals surface area contributed by atoms with Gasteiger partial charge < -0.3 is 23.5 Å². The smallest absolute Gasteiger partial charge is 0.283 e. The number of terminal acetylenes is 1. The molecule has 0 N–H and O–H groups in total. The van der Waals surface area contributed by atoms with Crippen molar-refractivity contribution in [2.45, 2.75) is 6.54 Å². The summed E-state index contributed by atoms with van der Waals surface area (Å²) >= 11 is 1.34. The molecule has 2 aromatic carbocycles. The lowest BCUT2D eigenvalue weighted by Crippen LogP contribution is -2.16. The van der Waals surface area contributed by atoms with Crippen LogP contribution in [0.25, 0.3) is 10.2 Å². The van der Waals surface area contributed by atoms with E-state index < -0.39 is 5.91 Å². The van der Waals surface area contributed by atoms with Gasteiger partial charge in [-0.3, -0.25) is 4.79 Å². The number of hydrogen-bond acceptors (Lipinski definition) is 6. The summed E-state index contributed by atoms with van der Waals surface area (Å²) in [5, 5.41) is 0. The lowest BCUT2D eigenvalue weighted by Gasteiger charge is -2.08. The third kappa shape index (κ3) is 3.91. The van der Waals surface area contributed by atoms with Gasteiger partial charge in [-0.2, -0.15) is 4.99 Å². The number of amides is 1. The zero-order valence-corrected chi connectivity index (χ0v) is 17.3. The normalized spacial score (nSPS) is 11.2. The average molecular weight is 412 g/mol. The predicted octanol–water partition coefficient (Wildman–Crippen LogP) is 3.11. The number of ether oxygens (including phenoxy) is 4. The molecular formula is C21H20N2O5S. The van der Waals surface area contributed by atoms with Crippen molar-refractivity contribution in [2.75, 3.05) is 28.4 Å². The molecule has 0 aliphatic rings. The molecule has 3 aromatic rings. The summed E-state index contributed by atoms with van der Waals surface area (Å²) in [5.74, 6) is 4.28. The summed E-state index contributed by atoms with van der Waals surface area (Å²) < 4.78 is 23.9. The lowest BCUT2D eigenvalue weighted by atomic mass is 10.2. The van der Waals surface area contributed by atoms with Crippen molar-refractivity contribution >= 4 is 27.5 Å². The van der Waals surface area contributed by atoms with Crippen LogP contribution in [0.5, 0.6) is 23.0 Å². The van der Waals surface area contributed by atoms with Gasteiger partial charge in [-0.25, -0.2) is 0 Å². The molecule has 1 aromatic heterocycles. The van der Waals surface area contributed by atoms with Gasteiger partial charge in [0.05, 0.1) is 50.8 Å². The zero-order valence-electron chi connectivity index (χ0n) is 16.5. The van der Waals surface area contributed by atoms with E-state index in [0.29, 0.717) is 33.4 Å². The van der Waals surface area contributed by atoms with Crippen LogP contribution >= 0.6 is 11.3 Å². The van der Waals surface area contributed by atoms with Crippen molar-refractivity contribution in [2.24, 2.45) is 4.99 Å². The Balaban J connectivity index is 2.18. The Hall–Kier alpha value is -3.44. The van der Waals surface area contributed by atoms with Crippen LogP contribution in [0.15, 0.2) is 35.3 Å². The fourth-order valence-electron chi connectivity index (χ4n) is 2.85. The molecule has 1 amide bonds. The van der Waals surface area contributed by atoms with Crippen LogP contribution in [0.4, 0.5) is 0 Å². The molecule has 8 heteroatoms. The molecule has 0 saturated heterocycles. The number of thiazole rings is 1. The Morgan fingerprint density at radius 1 is 1.03 bits per heavy atom. The molecule has 0 bridgehead atoms. The molecule has 0 fully saturated rings. The first-order chi connectivity index (χ1) is 14.1. The van der Waals surface area contributed by atoms with Crippen LogP contribution in [0.1, 0.15) is 10.4 Å². The maximum atomic E-state index is 12.9. The summed E-state index contributed by atoms with van der Waals surface area (Å²) in [6.45, 7) is 0.251. The van der Waals surface area contributed by atoms with E-state index in [2.05, 4.69) is 10.9 Å². The lowest BCUT2D eigenvalue weighted by molar-refractivity contribution is 0.0995. The molecule has 0 atom stereocenters. The highest BCUT2D eigenvalue weighted by atomic mass is 32.1. The minimum atomic E-state index is -0.444. The van der Waals surface area contributed by atoms with E-state index in [4.69, 9.17) is 25.4 Å². The largest absolute Gasteiger partial charge is 0.497 e. The number of methoxy groups -OCH3 is 4. The van der Waals surface area contributed by atoms with Gasteiger partial charge in [-0.1, -0.05) is 17.3 Å². The maximum Gasteiger partial charge on any atom is 0.283 e. The summed E-state index contributed by atoms with van der Waals surface area (Å²) in [4.78, 5) is 17.7. The number of fused-ring (bicyclic) bond motifs is 1. The molecule has 0 radical (unpaired) electrons. The Kier molecular flexibility index (Phi) is 6.10. The first-order valence-electron chi connectivity index (χ1n) is 8.56. The fourth-order valence-corrected chi connectivity index (χ4v) is 3.89. The quantitative estimate of drug-likeness (QED) is 0.582. The molecule has 0 aliphatic carbocycles. The van der Waals surface area contributed by atoms with Crippen molar-refractivity contribution in [3.8, 4) is 35.3 Å². The number of carbonyl (C=O) groups excluding carboxylic acids is 1. The molecular weight excluding hydrogens is 392 g/mol. The van der Waals surface area contributed by atoms with Gasteiger partial charge in [0, 0.05) is 18.2 Å². The standard InChI is InChI=1S/C21H20N2O5S/c1-6-9-23-15-11-17(27-4)18(28-5)12-19(15)29-21(23)22-20(24)14-8-7-13(25-2)10-16(14)26-3/h1,7-8,10-12H,9H2,2-5H3. The number of carbonyl (C=O) groups is 1. The van der Waals surface area contributed by atoms with Crippen LogP contribution in [-0.2, 0) is 6.54 Å². The van der Waals surface area contributed by atoms with Gasteiger partial charge in [0.15, 0.2) is 16.3 Å². The number of hydrogen-bond donors (Lipinski definition) is 0. The van der Waals surface area contributed by atoms with Gasteiger partial charge in [0.25, 0.3) is 5.91 Å². The van der Waals surface area contributed by atoms with Crippen LogP contribution in [0.2, 0.25) is 0 Å². The SMILES string of the molecule is C#CCn1c(=NC(=O)c2ccc(OC)cc2OC)sc2cc(OC)c(OC)cc21. The average Bonchev–Trinajstić information content (AvgIpc) is 3.08. The highest BCUT2D eigenvalue weighted by Crippen LogP contribution is 2.33. The minimum Gasteiger partial charge on any atom is -0.497 e. The van der Waals surface area contributed by atoms with E-state index in [1.165, 1.54) is 18.4 Å². The number of aromatic nitrogens is 1. The van der Waals surface area contributed by atoms with Crippen molar-refractivity contribution in [1.82, 2.24) is 4.57 Å². The van der Waals surface area contributed by atoms with Crippen molar-refractivity contribution < 1.29 is 23.7 Å². The fraction of sp³-hybridized carbons (Fsp3) is 0.238. The van der Waals surface area contributed by atoms with Crippen molar-refractivity contribution in [3.05, 3.63) is 40.7 Å². The van der Waals surface area contributed by atoms with Gasteiger partial charge in [-0.05, 0) is 12.1 Å². The van der Waals surface area contributed by atoms with E-state index >= 15 is 0 Å². The molecule has 3 rings (SSSR count). The Morgan fingerprint density at radius 2 is 1.72 bits per heavy atom. The first-order valence-corrected chi connectivity index (χ1v) is 9.37. The van der Waals surface area contributed by atoms with Crippen molar-refractivity contribution in [3.63, 3.8) is 0 Å². The molecule has 0 unspecified atom stereocenters. The Bertz CT molecular complexity index is 1170. The van der Waals surface area contributed by atoms with E-state index in [0.717, 1.165) is 10.2 Å². The van der Waals surface area contributed by atoms with Crippen LogP contribution < -0.4 is 23.7 Å². The predicted molar refractivity (Wildman–Crippen MR) is 111 cm³/mol. The van der Waals surface area contributed by atoms with E-state index in [9.17, 15) is 4.79 Å². The summed E-state index contributed by atoms with van der Waals surface area (Å²) in [6, 6.07) is 8.59. The van der Waals surface area contributed by atoms with Crippen LogP contribution in [-0.4, -0.2) is 38.9 Å². The second kappa shape index (κ2) is 8.71. The second-order valence-corrected chi connectivity index (χ2v) is 6.84. The van der Waals surface area contributed by atoms with Gasteiger partial charge in [0.2, 0.25) is 0 Å². The maximum absolute atomic E-state index is 12.9. The molecule has 0 aliphatic heterocycles. The highest BCUT2D eigenvalue weighted by molar-refractivity contribution is 7.16. The van der Waals surface area contributed by atoms with Crippen molar-refractivity contribution in [1.29, 1.82) is 0 Å². The summed E-state index contributed by atoms with van der Waals surface area (Å²) in [7, 11) is 6.16. The van der Waals surface area contributed by atoms with E-state index in [1.54, 1.807) is 44.1 Å². The van der Waals surface area contributed by atoms with E-state index in [-0.39, 0.29) is 6.54 Å². The number of nitrogens with zero attached hydrogens (tertiary/aromatic N) is 2. The molecule has 7 nitrogen and oxygen atoms in total. The van der Waals surface area contributed by atoms with Gasteiger partial charge >= 0.3 is 0 Å². The third-order valence-electron chi connectivity index (χ3n) is 4.27. The highest BCUT2D eigenvalue weighted by Gasteiger charge is 2.16. The Labute approximate surface area is 172 Å². The molecule has 0 saturated carbocycles.